The summed E-state index contributed by atoms with van der Waals surface area (Å²) >= 11 is 1.76. The van der Waals surface area contributed by atoms with Crippen LogP contribution in [-0.4, -0.2) is 32.4 Å². The summed E-state index contributed by atoms with van der Waals surface area (Å²) in [5, 5.41) is 6.93. The van der Waals surface area contributed by atoms with Gasteiger partial charge in [-0.2, -0.15) is 0 Å². The molecule has 27 heavy (non-hydrogen) atoms. The van der Waals surface area contributed by atoms with Gasteiger partial charge < -0.3 is 15.5 Å². The normalized spacial score (nSPS) is 15.7. The predicted octanol–water partition coefficient (Wildman–Crippen LogP) is 4.43. The summed E-state index contributed by atoms with van der Waals surface area (Å²) in [7, 11) is 1.82. The van der Waals surface area contributed by atoms with Crippen molar-refractivity contribution in [2.24, 2.45) is 4.99 Å². The first kappa shape index (κ1) is 19.6. The lowest BCUT2D eigenvalue weighted by molar-refractivity contribution is 0.685. The largest absolute Gasteiger partial charge is 0.372 e. The summed E-state index contributed by atoms with van der Waals surface area (Å²) in [6.45, 7) is 5.28. The molecule has 0 spiro atoms. The highest BCUT2D eigenvalue weighted by Gasteiger charge is 2.14. The van der Waals surface area contributed by atoms with Crippen LogP contribution >= 0.6 is 11.8 Å². The van der Waals surface area contributed by atoms with Gasteiger partial charge in [0.25, 0.3) is 0 Å². The number of nitrogens with one attached hydrogen (secondary N) is 2. The van der Waals surface area contributed by atoms with Crippen LogP contribution in [0.1, 0.15) is 36.9 Å². The molecule has 1 aliphatic rings. The first-order valence-electron chi connectivity index (χ1n) is 9.64. The van der Waals surface area contributed by atoms with Gasteiger partial charge >= 0.3 is 0 Å². The van der Waals surface area contributed by atoms with Crippen LogP contribution in [0.2, 0.25) is 0 Å². The molecular weight excluding hydrogens is 352 g/mol. The summed E-state index contributed by atoms with van der Waals surface area (Å²) in [5.74, 6) is 0.822. The van der Waals surface area contributed by atoms with Gasteiger partial charge in [-0.1, -0.05) is 24.3 Å². The number of aliphatic imine (C=N–C) groups is 1. The van der Waals surface area contributed by atoms with Crippen LogP contribution < -0.4 is 15.5 Å². The molecule has 0 bridgehead atoms. The smallest absolute Gasteiger partial charge is 0.191 e. The monoisotopic (exact) mass is 382 g/mol. The van der Waals surface area contributed by atoms with E-state index in [1.807, 2.05) is 7.05 Å². The van der Waals surface area contributed by atoms with Crippen LogP contribution in [0.15, 0.2) is 58.4 Å². The second-order valence-corrected chi connectivity index (χ2v) is 7.81. The number of benzene rings is 2. The minimum Gasteiger partial charge on any atom is -0.372 e. The van der Waals surface area contributed by atoms with Crippen molar-refractivity contribution in [3.8, 4) is 0 Å². The van der Waals surface area contributed by atoms with E-state index >= 15 is 0 Å². The Morgan fingerprint density at radius 2 is 1.89 bits per heavy atom. The minimum absolute atomic E-state index is 0.192. The quantitative estimate of drug-likeness (QED) is 0.440. The van der Waals surface area contributed by atoms with Gasteiger partial charge in [-0.25, -0.2) is 0 Å². The van der Waals surface area contributed by atoms with E-state index in [0.717, 1.165) is 12.5 Å². The number of rotatable bonds is 6. The first-order valence-corrected chi connectivity index (χ1v) is 10.9. The van der Waals surface area contributed by atoms with Crippen molar-refractivity contribution in [1.82, 2.24) is 10.6 Å². The molecule has 1 saturated heterocycles. The standard InChI is InChI=1S/C22H30N4S/c1-17(19-7-6-8-20(15-19)26-13-4-5-14-26)25-22(23-2)24-16-18-9-11-21(27-3)12-10-18/h6-12,15,17H,4-5,13-14,16H2,1-3H3,(H2,23,24,25). The molecule has 0 radical (unpaired) electrons. The molecule has 0 aliphatic carbocycles. The molecule has 2 aromatic carbocycles. The molecule has 1 aliphatic heterocycles. The molecule has 1 atom stereocenters. The molecule has 0 amide bonds. The van der Waals surface area contributed by atoms with Crippen molar-refractivity contribution >= 4 is 23.4 Å². The summed E-state index contributed by atoms with van der Waals surface area (Å²) in [4.78, 5) is 8.14. The lowest BCUT2D eigenvalue weighted by Crippen LogP contribution is -2.38. The van der Waals surface area contributed by atoms with Crippen molar-refractivity contribution in [1.29, 1.82) is 0 Å². The molecule has 0 saturated carbocycles. The van der Waals surface area contributed by atoms with Gasteiger partial charge in [0.2, 0.25) is 0 Å². The molecule has 0 aromatic heterocycles. The molecule has 5 heteroatoms. The minimum atomic E-state index is 0.192. The number of hydrogen-bond acceptors (Lipinski definition) is 3. The third kappa shape index (κ3) is 5.42. The van der Waals surface area contributed by atoms with Crippen molar-refractivity contribution in [2.75, 3.05) is 31.3 Å². The van der Waals surface area contributed by atoms with Crippen LogP contribution in [0.25, 0.3) is 0 Å². The molecule has 3 rings (SSSR count). The Labute approximate surface area is 167 Å². The predicted molar refractivity (Wildman–Crippen MR) is 118 cm³/mol. The molecule has 2 N–H and O–H groups in total. The Bertz CT molecular complexity index is 751. The van der Waals surface area contributed by atoms with Gasteiger partial charge in [-0.05, 0) is 61.4 Å². The van der Waals surface area contributed by atoms with Crippen LogP contribution in [0, 0.1) is 0 Å². The zero-order chi connectivity index (χ0) is 19.1. The van der Waals surface area contributed by atoms with E-state index in [1.165, 1.54) is 47.6 Å². The van der Waals surface area contributed by atoms with Gasteiger partial charge in [0.15, 0.2) is 5.96 Å². The molecule has 144 valence electrons. The number of thioether (sulfide) groups is 1. The van der Waals surface area contributed by atoms with Crippen molar-refractivity contribution in [3.05, 3.63) is 59.7 Å². The maximum absolute atomic E-state index is 4.38. The molecule has 1 heterocycles. The fraction of sp³-hybridized carbons (Fsp3) is 0.409. The Balaban J connectivity index is 1.57. The summed E-state index contributed by atoms with van der Waals surface area (Å²) in [6, 6.07) is 17.7. The second kappa shape index (κ2) is 9.70. The topological polar surface area (TPSA) is 39.7 Å². The van der Waals surface area contributed by atoms with E-state index in [0.29, 0.717) is 0 Å². The van der Waals surface area contributed by atoms with Crippen molar-refractivity contribution < 1.29 is 0 Å². The summed E-state index contributed by atoms with van der Waals surface area (Å²) < 4.78 is 0. The van der Waals surface area contributed by atoms with E-state index in [1.54, 1.807) is 11.8 Å². The summed E-state index contributed by atoms with van der Waals surface area (Å²) in [5.41, 5.74) is 3.86. The van der Waals surface area contributed by atoms with Crippen LogP contribution in [0.4, 0.5) is 5.69 Å². The molecule has 1 unspecified atom stereocenters. The van der Waals surface area contributed by atoms with Gasteiger partial charge in [-0.3, -0.25) is 4.99 Å². The van der Waals surface area contributed by atoms with Gasteiger partial charge in [0.1, 0.15) is 0 Å². The van der Waals surface area contributed by atoms with E-state index in [2.05, 4.69) is 82.2 Å². The van der Waals surface area contributed by atoms with Gasteiger partial charge in [0, 0.05) is 37.3 Å². The molecular formula is C22H30N4S. The Hall–Kier alpha value is -2.14. The van der Waals surface area contributed by atoms with Crippen LogP contribution in [0.5, 0.6) is 0 Å². The Kier molecular flexibility index (Phi) is 7.04. The number of anilines is 1. The highest BCUT2D eigenvalue weighted by atomic mass is 32.2. The lowest BCUT2D eigenvalue weighted by Gasteiger charge is -2.22. The van der Waals surface area contributed by atoms with Crippen LogP contribution in [0.3, 0.4) is 0 Å². The average molecular weight is 383 g/mol. The fourth-order valence-electron chi connectivity index (χ4n) is 3.38. The van der Waals surface area contributed by atoms with Crippen LogP contribution in [-0.2, 0) is 6.54 Å². The number of nitrogens with zero attached hydrogens (tertiary/aromatic N) is 2. The number of hydrogen-bond donors (Lipinski definition) is 2. The Morgan fingerprint density at radius 3 is 2.56 bits per heavy atom. The number of guanidine groups is 1. The highest BCUT2D eigenvalue weighted by molar-refractivity contribution is 7.98. The summed E-state index contributed by atoms with van der Waals surface area (Å²) in [6.07, 6.45) is 4.69. The molecule has 4 nitrogen and oxygen atoms in total. The first-order chi connectivity index (χ1) is 13.2. The maximum atomic E-state index is 4.38. The van der Waals surface area contributed by atoms with Gasteiger partial charge in [-0.15, -0.1) is 11.8 Å². The van der Waals surface area contributed by atoms with Crippen molar-refractivity contribution in [2.45, 2.75) is 37.2 Å². The molecule has 2 aromatic rings. The van der Waals surface area contributed by atoms with E-state index in [-0.39, 0.29) is 6.04 Å². The zero-order valence-electron chi connectivity index (χ0n) is 16.5. The van der Waals surface area contributed by atoms with E-state index < -0.39 is 0 Å². The SMILES string of the molecule is CN=C(NCc1ccc(SC)cc1)NC(C)c1cccc(N2CCCC2)c1. The second-order valence-electron chi connectivity index (χ2n) is 6.93. The third-order valence-corrected chi connectivity index (χ3v) is 5.78. The maximum Gasteiger partial charge on any atom is 0.191 e. The lowest BCUT2D eigenvalue weighted by atomic mass is 10.1. The Morgan fingerprint density at radius 1 is 1.15 bits per heavy atom. The fourth-order valence-corrected chi connectivity index (χ4v) is 3.79. The average Bonchev–Trinajstić information content (AvgIpc) is 3.26. The van der Waals surface area contributed by atoms with Gasteiger partial charge in [0.05, 0.1) is 6.04 Å². The van der Waals surface area contributed by atoms with Crippen molar-refractivity contribution in [3.63, 3.8) is 0 Å². The van der Waals surface area contributed by atoms with E-state index in [4.69, 9.17) is 0 Å². The van der Waals surface area contributed by atoms with E-state index in [9.17, 15) is 0 Å². The third-order valence-electron chi connectivity index (χ3n) is 5.04. The zero-order valence-corrected chi connectivity index (χ0v) is 17.4. The molecule has 1 fully saturated rings. The highest BCUT2D eigenvalue weighted by Crippen LogP contribution is 2.24.